The van der Waals surface area contributed by atoms with E-state index in [4.69, 9.17) is 0 Å². The lowest BCUT2D eigenvalue weighted by Gasteiger charge is -2.26. The Kier molecular flexibility index (Phi) is 7.53. The van der Waals surface area contributed by atoms with Crippen LogP contribution in [0.25, 0.3) is 75.1 Å². The third-order valence-electron chi connectivity index (χ3n) is 11.3. The molecule has 55 heavy (non-hydrogen) atoms. The predicted octanol–water partition coefficient (Wildman–Crippen LogP) is 15.2. The van der Waals surface area contributed by atoms with Crippen molar-refractivity contribution >= 4 is 92.4 Å². The van der Waals surface area contributed by atoms with Crippen molar-refractivity contribution in [1.82, 2.24) is 4.57 Å². The van der Waals surface area contributed by atoms with Crippen molar-refractivity contribution in [1.29, 1.82) is 0 Å². The molecular weight excluding hydrogens is 685 g/mol. The molecule has 0 aliphatic heterocycles. The molecular formula is C52H36N2S. The van der Waals surface area contributed by atoms with Gasteiger partial charge in [0.25, 0.3) is 0 Å². The maximum absolute atomic E-state index is 2.49. The summed E-state index contributed by atoms with van der Waals surface area (Å²) in [6.45, 7) is 0. The quantitative estimate of drug-likeness (QED) is 0.166. The number of hydrogen-bond acceptors (Lipinski definition) is 2. The first-order valence-corrected chi connectivity index (χ1v) is 19.9. The zero-order valence-corrected chi connectivity index (χ0v) is 31.0. The van der Waals surface area contributed by atoms with Gasteiger partial charge in [-0.05, 0) is 119 Å². The lowest BCUT2D eigenvalue weighted by molar-refractivity contribution is 0.992. The van der Waals surface area contributed by atoms with Gasteiger partial charge in [-0.3, -0.25) is 0 Å². The van der Waals surface area contributed by atoms with E-state index in [9.17, 15) is 0 Å². The van der Waals surface area contributed by atoms with Gasteiger partial charge in [-0.2, -0.15) is 0 Å². The van der Waals surface area contributed by atoms with Crippen molar-refractivity contribution in [2.75, 3.05) is 4.90 Å². The van der Waals surface area contributed by atoms with Crippen LogP contribution in [0, 0.1) is 0 Å². The fraction of sp³-hybridized carbons (Fsp3) is 0.0385. The second-order valence-electron chi connectivity index (χ2n) is 14.5. The minimum Gasteiger partial charge on any atom is -0.313 e. The molecule has 0 radical (unpaired) electrons. The van der Waals surface area contributed by atoms with Crippen LogP contribution in [0.1, 0.15) is 18.4 Å². The molecule has 0 atom stereocenters. The molecule has 3 heteroatoms. The monoisotopic (exact) mass is 720 g/mol. The normalized spacial score (nSPS) is 13.2. The number of anilines is 3. The number of hydrogen-bond donors (Lipinski definition) is 0. The van der Waals surface area contributed by atoms with E-state index in [-0.39, 0.29) is 0 Å². The molecule has 1 aliphatic carbocycles. The maximum Gasteiger partial charge on any atom is 0.0544 e. The van der Waals surface area contributed by atoms with Gasteiger partial charge < -0.3 is 9.47 Å². The van der Waals surface area contributed by atoms with E-state index in [2.05, 4.69) is 204 Å². The second-order valence-corrected chi connectivity index (χ2v) is 15.6. The van der Waals surface area contributed by atoms with E-state index in [1.807, 2.05) is 11.3 Å². The minimum absolute atomic E-state index is 0.975. The van der Waals surface area contributed by atoms with Crippen molar-refractivity contribution < 1.29 is 0 Å². The number of thiophene rings is 1. The molecule has 260 valence electrons. The van der Waals surface area contributed by atoms with E-state index in [1.165, 1.54) is 80.7 Å². The topological polar surface area (TPSA) is 8.17 Å². The molecule has 0 fully saturated rings. The third-order valence-corrected chi connectivity index (χ3v) is 12.5. The predicted molar refractivity (Wildman–Crippen MR) is 238 cm³/mol. The van der Waals surface area contributed by atoms with Gasteiger partial charge in [0.15, 0.2) is 0 Å². The summed E-state index contributed by atoms with van der Waals surface area (Å²) in [6.07, 6.45) is 6.64. The largest absolute Gasteiger partial charge is 0.313 e. The van der Waals surface area contributed by atoms with Crippen LogP contribution in [0.15, 0.2) is 194 Å². The van der Waals surface area contributed by atoms with Crippen LogP contribution >= 0.6 is 11.3 Å². The first kappa shape index (κ1) is 31.8. The Morgan fingerprint density at radius 1 is 0.400 bits per heavy atom. The van der Waals surface area contributed by atoms with Crippen molar-refractivity contribution in [2.24, 2.45) is 0 Å². The molecule has 11 rings (SSSR count). The Morgan fingerprint density at radius 2 is 1.02 bits per heavy atom. The summed E-state index contributed by atoms with van der Waals surface area (Å²) in [5.74, 6) is 0. The van der Waals surface area contributed by atoms with Gasteiger partial charge in [-0.15, -0.1) is 11.3 Å². The highest BCUT2D eigenvalue weighted by molar-refractivity contribution is 7.25. The highest BCUT2D eigenvalue weighted by Gasteiger charge is 2.19. The number of allylic oxidation sites excluding steroid dienone is 4. The molecule has 0 saturated heterocycles. The zero-order valence-electron chi connectivity index (χ0n) is 30.2. The first-order valence-electron chi connectivity index (χ1n) is 19.0. The van der Waals surface area contributed by atoms with Crippen LogP contribution in [0.3, 0.4) is 0 Å². The van der Waals surface area contributed by atoms with Crippen LogP contribution in [0.5, 0.6) is 0 Å². The molecule has 0 spiro atoms. The van der Waals surface area contributed by atoms with E-state index in [0.29, 0.717) is 0 Å². The summed E-state index contributed by atoms with van der Waals surface area (Å²) in [5, 5.41) is 7.78. The van der Waals surface area contributed by atoms with Gasteiger partial charge in [0.1, 0.15) is 0 Å². The number of nitrogens with zero attached hydrogens (tertiary/aromatic N) is 2. The molecule has 0 unspecified atom stereocenters. The van der Waals surface area contributed by atoms with Gasteiger partial charge in [-0.25, -0.2) is 0 Å². The molecule has 0 N–H and O–H groups in total. The molecule has 8 aromatic carbocycles. The number of benzene rings is 8. The van der Waals surface area contributed by atoms with Crippen LogP contribution < -0.4 is 4.90 Å². The maximum atomic E-state index is 2.49. The average Bonchev–Trinajstić information content (AvgIpc) is 3.79. The standard InChI is InChI=1S/C52H36N2S/c1-2-10-35(11-3-1)36-18-24-41(25-19-36)53(44-30-31-52-48(34-44)46-15-7-9-17-51(46)55-52)42-26-20-37(21-27-42)38-22-28-43(29-23-38)54-49-16-8-6-14-45(49)47-32-39-12-4-5-13-40(39)33-50(47)54/h1-22,24-28,30-34H,23,29H2. The highest BCUT2D eigenvalue weighted by Crippen LogP contribution is 2.42. The summed E-state index contributed by atoms with van der Waals surface area (Å²) >= 11 is 1.86. The first-order chi connectivity index (χ1) is 27.2. The fourth-order valence-corrected chi connectivity index (χ4v) is 9.66. The molecule has 0 amide bonds. The smallest absolute Gasteiger partial charge is 0.0544 e. The van der Waals surface area contributed by atoms with Crippen molar-refractivity contribution in [2.45, 2.75) is 12.8 Å². The van der Waals surface area contributed by atoms with Gasteiger partial charge in [0.2, 0.25) is 0 Å². The van der Waals surface area contributed by atoms with Crippen LogP contribution in [0.4, 0.5) is 17.1 Å². The van der Waals surface area contributed by atoms with E-state index < -0.39 is 0 Å². The molecule has 2 aromatic heterocycles. The van der Waals surface area contributed by atoms with E-state index >= 15 is 0 Å². The minimum atomic E-state index is 0.975. The van der Waals surface area contributed by atoms with Gasteiger partial charge in [0.05, 0.1) is 11.0 Å². The molecule has 2 heterocycles. The third kappa shape index (κ3) is 5.47. The number of rotatable bonds is 6. The Bertz CT molecular complexity index is 3130. The summed E-state index contributed by atoms with van der Waals surface area (Å²) in [5.41, 5.74) is 12.4. The van der Waals surface area contributed by atoms with Crippen LogP contribution in [-0.4, -0.2) is 4.57 Å². The summed E-state index contributed by atoms with van der Waals surface area (Å²) in [6, 6.07) is 66.7. The average molecular weight is 721 g/mol. The van der Waals surface area contributed by atoms with Crippen molar-refractivity contribution in [3.63, 3.8) is 0 Å². The van der Waals surface area contributed by atoms with Gasteiger partial charge in [-0.1, -0.05) is 121 Å². The van der Waals surface area contributed by atoms with Crippen LogP contribution in [-0.2, 0) is 0 Å². The van der Waals surface area contributed by atoms with E-state index in [0.717, 1.165) is 29.9 Å². The van der Waals surface area contributed by atoms with Gasteiger partial charge in [0, 0.05) is 53.7 Å². The van der Waals surface area contributed by atoms with Gasteiger partial charge >= 0.3 is 0 Å². The molecule has 0 bridgehead atoms. The number of fused-ring (bicyclic) bond motifs is 7. The number of para-hydroxylation sites is 1. The van der Waals surface area contributed by atoms with Crippen molar-refractivity contribution in [3.05, 3.63) is 200 Å². The zero-order chi connectivity index (χ0) is 36.3. The van der Waals surface area contributed by atoms with E-state index in [1.54, 1.807) is 0 Å². The Hall–Kier alpha value is -6.68. The lowest BCUT2D eigenvalue weighted by Crippen LogP contribution is -2.10. The summed E-state index contributed by atoms with van der Waals surface area (Å²) < 4.78 is 5.12. The van der Waals surface area contributed by atoms with Crippen molar-refractivity contribution in [3.8, 4) is 11.1 Å². The Labute approximate surface area is 324 Å². The molecule has 0 saturated carbocycles. The molecule has 2 nitrogen and oxygen atoms in total. The molecule has 1 aliphatic rings. The fourth-order valence-electron chi connectivity index (χ4n) is 8.58. The summed E-state index contributed by atoms with van der Waals surface area (Å²) in [7, 11) is 0. The highest BCUT2D eigenvalue weighted by atomic mass is 32.1. The Balaban J connectivity index is 0.968. The molecule has 10 aromatic rings. The second kappa shape index (κ2) is 13.0. The SMILES string of the molecule is C1=C(c2ccc(N(c3ccc(-c4ccccc4)cc3)c3ccc4sc5ccccc5c4c3)cc2)CCC(n2c3ccccc3c3cc4ccccc4cc32)=C1. The number of aromatic nitrogens is 1. The lowest BCUT2D eigenvalue weighted by atomic mass is 9.95. The summed E-state index contributed by atoms with van der Waals surface area (Å²) in [4.78, 5) is 2.39. The Morgan fingerprint density at radius 3 is 1.78 bits per heavy atom. The van der Waals surface area contributed by atoms with Crippen LogP contribution in [0.2, 0.25) is 0 Å².